The third kappa shape index (κ3) is 2.25. The number of hydrogen-bond donors (Lipinski definition) is 2. The number of nitrogens with two attached hydrogens (primary N) is 1. The van der Waals surface area contributed by atoms with E-state index in [0.717, 1.165) is 17.1 Å². The molecule has 102 valence electrons. The first-order chi connectivity index (χ1) is 9.63. The summed E-state index contributed by atoms with van der Waals surface area (Å²) in [6.45, 7) is 0.0696. The summed E-state index contributed by atoms with van der Waals surface area (Å²) in [5.41, 5.74) is 9.09. The lowest BCUT2D eigenvalue weighted by Crippen LogP contribution is -2.25. The van der Waals surface area contributed by atoms with Gasteiger partial charge in [0.05, 0.1) is 5.69 Å². The van der Waals surface area contributed by atoms with E-state index >= 15 is 0 Å². The molecule has 0 aromatic heterocycles. The summed E-state index contributed by atoms with van der Waals surface area (Å²) in [5, 5.41) is 2.81. The summed E-state index contributed by atoms with van der Waals surface area (Å²) in [7, 11) is 1.96. The zero-order valence-corrected chi connectivity index (χ0v) is 11.1. The van der Waals surface area contributed by atoms with Gasteiger partial charge in [0, 0.05) is 24.1 Å². The first-order valence-corrected chi connectivity index (χ1v) is 6.29. The average molecular weight is 269 g/mol. The first-order valence-electron chi connectivity index (χ1n) is 6.29. The summed E-state index contributed by atoms with van der Waals surface area (Å²) in [6, 6.07) is 13.3. The zero-order valence-electron chi connectivity index (χ0n) is 11.1. The van der Waals surface area contributed by atoms with Crippen molar-refractivity contribution in [3.05, 3.63) is 42.5 Å². The lowest BCUT2D eigenvalue weighted by atomic mass is 10.2. The highest BCUT2D eigenvalue weighted by Gasteiger charge is 2.17. The molecule has 0 saturated heterocycles. The Kier molecular flexibility index (Phi) is 2.95. The third-order valence-electron chi connectivity index (χ3n) is 3.26. The van der Waals surface area contributed by atoms with Gasteiger partial charge in [0.2, 0.25) is 0 Å². The van der Waals surface area contributed by atoms with Crippen LogP contribution in [0.1, 0.15) is 0 Å². The second-order valence-electron chi connectivity index (χ2n) is 4.67. The normalized spacial score (nSPS) is 13.2. The molecule has 0 fully saturated rings. The van der Waals surface area contributed by atoms with Gasteiger partial charge in [-0.3, -0.25) is 4.79 Å². The average Bonchev–Trinajstić information content (AvgIpc) is 2.46. The van der Waals surface area contributed by atoms with Crippen LogP contribution in [0.15, 0.2) is 42.5 Å². The Balaban J connectivity index is 1.92. The Morgan fingerprint density at radius 3 is 2.60 bits per heavy atom. The standard InChI is InChI=1S/C15H15N3O2/c1-18(11-4-2-10(16)3-5-11)12-6-7-14-13(8-12)17-15(19)9-20-14/h2-8H,9,16H2,1H3,(H,17,19). The number of amides is 1. The van der Waals surface area contributed by atoms with Gasteiger partial charge in [-0.25, -0.2) is 0 Å². The van der Waals surface area contributed by atoms with Crippen LogP contribution in [0.25, 0.3) is 0 Å². The minimum Gasteiger partial charge on any atom is -0.482 e. The lowest BCUT2D eigenvalue weighted by Gasteiger charge is -2.23. The maximum Gasteiger partial charge on any atom is 0.262 e. The molecule has 1 aliphatic heterocycles. The van der Waals surface area contributed by atoms with Gasteiger partial charge in [0.25, 0.3) is 5.91 Å². The molecule has 5 nitrogen and oxygen atoms in total. The number of fused-ring (bicyclic) bond motifs is 1. The molecule has 0 aliphatic carbocycles. The molecular formula is C15H15N3O2. The molecular weight excluding hydrogens is 254 g/mol. The van der Waals surface area contributed by atoms with E-state index < -0.39 is 0 Å². The molecule has 0 spiro atoms. The van der Waals surface area contributed by atoms with Crippen LogP contribution in [-0.4, -0.2) is 19.6 Å². The Hall–Kier alpha value is -2.69. The van der Waals surface area contributed by atoms with E-state index in [0.29, 0.717) is 11.4 Å². The third-order valence-corrected chi connectivity index (χ3v) is 3.26. The van der Waals surface area contributed by atoms with Crippen molar-refractivity contribution in [3.8, 4) is 5.75 Å². The number of carbonyl (C=O) groups excluding carboxylic acids is 1. The molecule has 1 aliphatic rings. The van der Waals surface area contributed by atoms with Crippen LogP contribution in [-0.2, 0) is 4.79 Å². The topological polar surface area (TPSA) is 67.6 Å². The van der Waals surface area contributed by atoms with Crippen LogP contribution >= 0.6 is 0 Å². The lowest BCUT2D eigenvalue weighted by molar-refractivity contribution is -0.118. The van der Waals surface area contributed by atoms with Crippen LogP contribution in [0.2, 0.25) is 0 Å². The highest BCUT2D eigenvalue weighted by Crippen LogP contribution is 2.34. The fourth-order valence-electron chi connectivity index (χ4n) is 2.13. The number of rotatable bonds is 2. The van der Waals surface area contributed by atoms with Crippen molar-refractivity contribution in [2.24, 2.45) is 0 Å². The number of nitrogens with one attached hydrogen (secondary N) is 1. The van der Waals surface area contributed by atoms with Gasteiger partial charge in [-0.05, 0) is 42.5 Å². The predicted octanol–water partition coefficient (Wildman–Crippen LogP) is 2.37. The van der Waals surface area contributed by atoms with Gasteiger partial charge in [-0.15, -0.1) is 0 Å². The van der Waals surface area contributed by atoms with Gasteiger partial charge in [0.1, 0.15) is 5.75 Å². The van der Waals surface area contributed by atoms with Crippen molar-refractivity contribution in [1.82, 2.24) is 0 Å². The summed E-state index contributed by atoms with van der Waals surface area (Å²) < 4.78 is 5.34. The Bertz CT molecular complexity index is 653. The second-order valence-corrected chi connectivity index (χ2v) is 4.67. The summed E-state index contributed by atoms with van der Waals surface area (Å²) in [4.78, 5) is 13.4. The molecule has 3 rings (SSSR count). The molecule has 0 unspecified atom stereocenters. The van der Waals surface area contributed by atoms with Gasteiger partial charge < -0.3 is 20.7 Å². The van der Waals surface area contributed by atoms with Crippen LogP contribution < -0.4 is 20.7 Å². The van der Waals surface area contributed by atoms with Crippen LogP contribution in [0.5, 0.6) is 5.75 Å². The van der Waals surface area contributed by atoms with Crippen LogP contribution in [0, 0.1) is 0 Å². The SMILES string of the molecule is CN(c1ccc(N)cc1)c1ccc2c(c1)NC(=O)CO2. The number of benzene rings is 2. The van der Waals surface area contributed by atoms with E-state index in [9.17, 15) is 4.79 Å². The van der Waals surface area contributed by atoms with E-state index in [4.69, 9.17) is 10.5 Å². The highest BCUT2D eigenvalue weighted by molar-refractivity contribution is 5.96. The molecule has 1 heterocycles. The van der Waals surface area contributed by atoms with E-state index in [1.54, 1.807) is 0 Å². The zero-order chi connectivity index (χ0) is 14.1. The number of anilines is 4. The molecule has 0 atom stereocenters. The predicted molar refractivity (Wildman–Crippen MR) is 79.5 cm³/mol. The Morgan fingerprint density at radius 2 is 1.85 bits per heavy atom. The summed E-state index contributed by atoms with van der Waals surface area (Å²) in [5.74, 6) is 0.559. The van der Waals surface area contributed by atoms with Crippen molar-refractivity contribution < 1.29 is 9.53 Å². The molecule has 5 heteroatoms. The number of hydrogen-bond acceptors (Lipinski definition) is 4. The molecule has 2 aromatic rings. The van der Waals surface area contributed by atoms with E-state index in [1.165, 1.54) is 0 Å². The van der Waals surface area contributed by atoms with Crippen molar-refractivity contribution in [3.63, 3.8) is 0 Å². The van der Waals surface area contributed by atoms with Crippen molar-refractivity contribution in [2.75, 3.05) is 29.6 Å². The van der Waals surface area contributed by atoms with Crippen LogP contribution in [0.4, 0.5) is 22.7 Å². The molecule has 20 heavy (non-hydrogen) atoms. The largest absolute Gasteiger partial charge is 0.482 e. The first kappa shape index (κ1) is 12.3. The van der Waals surface area contributed by atoms with Gasteiger partial charge in [0.15, 0.2) is 6.61 Å². The Morgan fingerprint density at radius 1 is 1.15 bits per heavy atom. The van der Waals surface area contributed by atoms with Gasteiger partial charge >= 0.3 is 0 Å². The number of nitrogens with zero attached hydrogens (tertiary/aromatic N) is 1. The summed E-state index contributed by atoms with van der Waals surface area (Å²) >= 11 is 0. The monoisotopic (exact) mass is 269 g/mol. The molecule has 2 aromatic carbocycles. The minimum atomic E-state index is -0.134. The second kappa shape index (κ2) is 4.77. The van der Waals surface area contributed by atoms with Crippen molar-refractivity contribution in [2.45, 2.75) is 0 Å². The van der Waals surface area contributed by atoms with Crippen molar-refractivity contribution in [1.29, 1.82) is 0 Å². The molecule has 1 amide bonds. The fourth-order valence-corrected chi connectivity index (χ4v) is 2.13. The molecule has 3 N–H and O–H groups in total. The number of ether oxygens (including phenoxy) is 1. The molecule has 0 saturated carbocycles. The maximum absolute atomic E-state index is 11.4. The van der Waals surface area contributed by atoms with Gasteiger partial charge in [-0.2, -0.15) is 0 Å². The maximum atomic E-state index is 11.4. The summed E-state index contributed by atoms with van der Waals surface area (Å²) in [6.07, 6.45) is 0. The van der Waals surface area contributed by atoms with E-state index in [1.807, 2.05) is 54.4 Å². The molecule has 0 bridgehead atoms. The van der Waals surface area contributed by atoms with Crippen molar-refractivity contribution >= 4 is 28.7 Å². The van der Waals surface area contributed by atoms with Crippen LogP contribution in [0.3, 0.4) is 0 Å². The van der Waals surface area contributed by atoms with E-state index in [-0.39, 0.29) is 12.5 Å². The quantitative estimate of drug-likeness (QED) is 0.821. The smallest absolute Gasteiger partial charge is 0.262 e. The van der Waals surface area contributed by atoms with E-state index in [2.05, 4.69) is 5.32 Å². The fraction of sp³-hybridized carbons (Fsp3) is 0.133. The highest BCUT2D eigenvalue weighted by atomic mass is 16.5. The molecule has 0 radical (unpaired) electrons. The number of carbonyl (C=O) groups is 1. The van der Waals surface area contributed by atoms with Gasteiger partial charge in [-0.1, -0.05) is 0 Å². The minimum absolute atomic E-state index is 0.0696. The number of nitrogen functional groups attached to an aromatic ring is 1. The Labute approximate surface area is 117 Å².